The molecule has 0 atom stereocenters. The van der Waals surface area contributed by atoms with E-state index in [1.54, 1.807) is 6.26 Å². The van der Waals surface area contributed by atoms with Gasteiger partial charge < -0.3 is 4.42 Å². The molecule has 1 aromatic rings. The topological polar surface area (TPSA) is 13.1 Å². The van der Waals surface area contributed by atoms with Crippen LogP contribution in [0.1, 0.15) is 19.1 Å². The minimum Gasteiger partial charge on any atom is -0.469 e. The minimum absolute atomic E-state index is 1.00. The highest BCUT2D eigenvalue weighted by Crippen LogP contribution is 2.01. The van der Waals surface area contributed by atoms with Gasteiger partial charge >= 0.3 is 0 Å². The highest BCUT2D eigenvalue weighted by Gasteiger charge is 1.88. The van der Waals surface area contributed by atoms with Gasteiger partial charge in [-0.15, -0.1) is 0 Å². The van der Waals surface area contributed by atoms with Crippen LogP contribution >= 0.6 is 0 Å². The van der Waals surface area contributed by atoms with Crippen molar-refractivity contribution < 1.29 is 4.42 Å². The normalized spacial score (nSPS) is 8.09. The third-order valence-corrected chi connectivity index (χ3v) is 1.08. The van der Waals surface area contributed by atoms with Gasteiger partial charge in [0, 0.05) is 29.0 Å². The van der Waals surface area contributed by atoms with Crippen molar-refractivity contribution in [2.24, 2.45) is 0 Å². The molecule has 0 aliphatic heterocycles. The second kappa shape index (κ2) is 7.58. The maximum Gasteiger partial charge on any atom is 0.103 e. The average Bonchev–Trinajstić information content (AvgIpc) is 2.42. The number of aryl methyl sites for hydroxylation is 1. The highest BCUT2D eigenvalue weighted by molar-refractivity contribution is 7.17. The molecule has 0 bridgehead atoms. The Kier molecular flexibility index (Phi) is 7.22. The number of hydrogen-bond donors (Lipinski definition) is 0. The largest absolute Gasteiger partial charge is 0.469 e. The fourth-order valence-electron chi connectivity index (χ4n) is 0.701. The van der Waals surface area contributed by atoms with Gasteiger partial charge in [-0.1, -0.05) is 6.92 Å². The summed E-state index contributed by atoms with van der Waals surface area (Å²) in [4.78, 5) is 0. The Bertz CT molecular complexity index is 151. The zero-order valence-electron chi connectivity index (χ0n) is 6.79. The number of rotatable bonds is 2. The Labute approximate surface area is 71.6 Å². The van der Waals surface area contributed by atoms with Gasteiger partial charge in [-0.25, -0.2) is 0 Å². The van der Waals surface area contributed by atoms with Crippen LogP contribution in [0.15, 0.2) is 22.8 Å². The molecule has 0 aromatic carbocycles. The molecule has 1 heterocycles. The summed E-state index contributed by atoms with van der Waals surface area (Å²) in [5.74, 6) is 1.09. The third-order valence-electron chi connectivity index (χ3n) is 1.08. The van der Waals surface area contributed by atoms with Gasteiger partial charge in [0.2, 0.25) is 0 Å². The predicted octanol–water partition coefficient (Wildman–Crippen LogP) is 1.09. The molecule has 0 unspecified atom stereocenters. The van der Waals surface area contributed by atoms with Crippen molar-refractivity contribution in [3.8, 4) is 0 Å². The molecule has 1 nitrogen and oxygen atoms in total. The molecule has 0 spiro atoms. The fraction of sp³-hybridized carbons (Fsp3) is 0.429. The molecule has 0 saturated heterocycles. The maximum absolute atomic E-state index is 5.07. The summed E-state index contributed by atoms with van der Waals surface area (Å²) < 4.78 is 5.07. The van der Waals surface area contributed by atoms with Gasteiger partial charge in [-0.2, -0.15) is 0 Å². The Morgan fingerprint density at radius 3 is 2.55 bits per heavy atom. The van der Waals surface area contributed by atoms with Gasteiger partial charge in [0.15, 0.2) is 0 Å². The second-order valence-corrected chi connectivity index (χ2v) is 2.02. The van der Waals surface area contributed by atoms with Gasteiger partial charge in [-0.05, 0) is 18.6 Å². The molecule has 0 N–H and O–H groups in total. The first-order chi connectivity index (χ1) is 5.35. The van der Waals surface area contributed by atoms with Gasteiger partial charge in [0.25, 0.3) is 0 Å². The number of furan rings is 1. The molecule has 4 heteroatoms. The van der Waals surface area contributed by atoms with Crippen LogP contribution in [-0.2, 0) is 6.42 Å². The number of hydrogen-bond acceptors (Lipinski definition) is 1. The van der Waals surface area contributed by atoms with Gasteiger partial charge in [0.1, 0.15) is 5.76 Å². The molecule has 0 fully saturated rings. The van der Waals surface area contributed by atoms with Crippen LogP contribution in [0.5, 0.6) is 0 Å². The molecular formula is C7H10B3O. The monoisotopic (exact) mass is 143 g/mol. The highest BCUT2D eigenvalue weighted by atomic mass is 16.3. The standard InChI is InChI=1S/C7H10O.B3/c1-2-4-7-5-3-6-8-7;1-3-2/h3,5-6H,2,4H2,1H3;. The molecule has 0 aliphatic carbocycles. The van der Waals surface area contributed by atoms with Gasteiger partial charge in [-0.3, -0.25) is 0 Å². The van der Waals surface area contributed by atoms with E-state index < -0.39 is 0 Å². The Balaban J connectivity index is 0.000000292. The fourth-order valence-corrected chi connectivity index (χ4v) is 0.701. The zero-order chi connectivity index (χ0) is 8.53. The van der Waals surface area contributed by atoms with Crippen LogP contribution in [0.4, 0.5) is 0 Å². The summed E-state index contributed by atoms with van der Waals surface area (Å²) in [7, 11) is 10.0. The SMILES string of the molecule is CCCc1ccco1.[B][B][B]. The van der Waals surface area contributed by atoms with Crippen molar-refractivity contribution in [1.82, 2.24) is 0 Å². The zero-order valence-corrected chi connectivity index (χ0v) is 6.79. The summed E-state index contributed by atoms with van der Waals surface area (Å²) in [6.45, 7) is 2.14. The lowest BCUT2D eigenvalue weighted by Crippen LogP contribution is -1.79. The smallest absolute Gasteiger partial charge is 0.103 e. The average molecular weight is 143 g/mol. The quantitative estimate of drug-likeness (QED) is 0.564. The van der Waals surface area contributed by atoms with Crippen LogP contribution in [0, 0.1) is 0 Å². The first-order valence-electron chi connectivity index (χ1n) is 3.62. The van der Waals surface area contributed by atoms with Gasteiger partial charge in [0.05, 0.1) is 6.26 Å². The maximum atomic E-state index is 5.07. The van der Waals surface area contributed by atoms with E-state index >= 15 is 0 Å². The van der Waals surface area contributed by atoms with Crippen molar-refractivity contribution in [3.05, 3.63) is 24.2 Å². The summed E-state index contributed by atoms with van der Waals surface area (Å²) in [6.07, 6.45) is 3.94. The molecule has 53 valence electrons. The summed E-state index contributed by atoms with van der Waals surface area (Å²) in [6, 6.07) is 3.93. The van der Waals surface area contributed by atoms with Crippen LogP contribution in [0.25, 0.3) is 0 Å². The molecule has 0 saturated carbocycles. The molecule has 1 rings (SSSR count). The molecule has 5 radical (unpaired) electrons. The Morgan fingerprint density at radius 1 is 1.55 bits per heavy atom. The lowest BCUT2D eigenvalue weighted by Gasteiger charge is -1.85. The molecule has 0 amide bonds. The minimum atomic E-state index is 1.00. The van der Waals surface area contributed by atoms with Crippen LogP contribution in [0.2, 0.25) is 0 Å². The van der Waals surface area contributed by atoms with E-state index in [9.17, 15) is 0 Å². The van der Waals surface area contributed by atoms with Crippen LogP contribution < -0.4 is 0 Å². The van der Waals surface area contributed by atoms with Crippen molar-refractivity contribution in [1.29, 1.82) is 0 Å². The van der Waals surface area contributed by atoms with E-state index in [0.717, 1.165) is 25.7 Å². The van der Waals surface area contributed by atoms with E-state index in [1.807, 2.05) is 12.1 Å². The summed E-state index contributed by atoms with van der Waals surface area (Å²) in [5.41, 5.74) is 0. The molecular weight excluding hydrogens is 133 g/mol. The van der Waals surface area contributed by atoms with Crippen molar-refractivity contribution >= 4 is 22.5 Å². The predicted molar refractivity (Wildman–Crippen MR) is 50.0 cm³/mol. The van der Waals surface area contributed by atoms with Crippen molar-refractivity contribution in [3.63, 3.8) is 0 Å². The Hall–Kier alpha value is -0.525. The van der Waals surface area contributed by atoms with E-state index in [4.69, 9.17) is 4.42 Å². The van der Waals surface area contributed by atoms with Crippen molar-refractivity contribution in [2.75, 3.05) is 0 Å². The third kappa shape index (κ3) is 5.90. The molecule has 0 aliphatic rings. The summed E-state index contributed by atoms with van der Waals surface area (Å²) >= 11 is 0. The van der Waals surface area contributed by atoms with E-state index in [0.29, 0.717) is 0 Å². The van der Waals surface area contributed by atoms with Crippen molar-refractivity contribution in [2.45, 2.75) is 19.8 Å². The lowest BCUT2D eigenvalue weighted by molar-refractivity contribution is 0.506. The second-order valence-electron chi connectivity index (χ2n) is 2.02. The molecule has 1 aromatic heterocycles. The Morgan fingerprint density at radius 2 is 2.18 bits per heavy atom. The van der Waals surface area contributed by atoms with E-state index in [1.165, 1.54) is 0 Å². The summed E-state index contributed by atoms with van der Waals surface area (Å²) in [5, 5.41) is 0. The van der Waals surface area contributed by atoms with E-state index in [-0.39, 0.29) is 0 Å². The van der Waals surface area contributed by atoms with E-state index in [2.05, 4.69) is 22.4 Å². The first kappa shape index (κ1) is 10.5. The molecule has 11 heavy (non-hydrogen) atoms. The first-order valence-corrected chi connectivity index (χ1v) is 3.62. The lowest BCUT2D eigenvalue weighted by atomic mass is 9.40. The van der Waals surface area contributed by atoms with Crippen LogP contribution in [-0.4, -0.2) is 22.5 Å². The van der Waals surface area contributed by atoms with Crippen LogP contribution in [0.3, 0.4) is 0 Å².